The monoisotopic (exact) mass is 228 g/mol. The molecule has 0 aromatic heterocycles. The minimum absolute atomic E-state index is 0.312. The van der Waals surface area contributed by atoms with Crippen LogP contribution in [0.2, 0.25) is 0 Å². The second-order valence-corrected chi connectivity index (χ2v) is 4.10. The molecule has 2 nitrogen and oxygen atoms in total. The van der Waals surface area contributed by atoms with Gasteiger partial charge in [-0.1, -0.05) is 12.1 Å². The fourth-order valence-corrected chi connectivity index (χ4v) is 1.62. The first kappa shape index (κ1) is 12.0. The van der Waals surface area contributed by atoms with E-state index in [0.29, 0.717) is 5.56 Å². The molecule has 0 N–H and O–H groups in total. The highest BCUT2D eigenvalue weighted by atomic mass is 32.2. The Bertz CT molecular complexity index is 346. The Morgan fingerprint density at radius 3 is 2.33 bits per heavy atom. The summed E-state index contributed by atoms with van der Waals surface area (Å²) in [7, 11) is 1.18. The summed E-state index contributed by atoms with van der Waals surface area (Å²) in [4.78, 5) is 12.2. The Labute approximate surface area is 92.8 Å². The number of alkyl halides is 1. The molecule has 0 heterocycles. The smallest absolute Gasteiger partial charge is 0.348 e. The molecule has 4 heteroatoms. The van der Waals surface area contributed by atoms with Crippen LogP contribution >= 0.6 is 11.8 Å². The third-order valence-electron chi connectivity index (χ3n) is 2.20. The van der Waals surface area contributed by atoms with Crippen molar-refractivity contribution in [2.24, 2.45) is 0 Å². The van der Waals surface area contributed by atoms with Crippen LogP contribution in [-0.4, -0.2) is 19.3 Å². The number of carbonyl (C=O) groups is 1. The Hall–Kier alpha value is -1.03. The fourth-order valence-electron chi connectivity index (χ4n) is 1.21. The Kier molecular flexibility index (Phi) is 3.74. The Morgan fingerprint density at radius 2 is 1.93 bits per heavy atom. The maximum atomic E-state index is 14.0. The van der Waals surface area contributed by atoms with Gasteiger partial charge in [-0.15, -0.1) is 11.8 Å². The highest BCUT2D eigenvalue weighted by Crippen LogP contribution is 2.28. The summed E-state index contributed by atoms with van der Waals surface area (Å²) < 4.78 is 18.4. The van der Waals surface area contributed by atoms with Gasteiger partial charge in [-0.05, 0) is 25.3 Å². The van der Waals surface area contributed by atoms with Crippen molar-refractivity contribution in [3.05, 3.63) is 29.8 Å². The molecule has 0 spiro atoms. The van der Waals surface area contributed by atoms with E-state index in [-0.39, 0.29) is 0 Å². The lowest BCUT2D eigenvalue weighted by Crippen LogP contribution is -2.28. The van der Waals surface area contributed by atoms with Gasteiger partial charge in [0.2, 0.25) is 5.67 Å². The van der Waals surface area contributed by atoms with Crippen LogP contribution in [0.5, 0.6) is 0 Å². The van der Waals surface area contributed by atoms with Crippen LogP contribution in [0.3, 0.4) is 0 Å². The molecule has 0 amide bonds. The number of methoxy groups -OCH3 is 1. The maximum Gasteiger partial charge on any atom is 0.348 e. The minimum atomic E-state index is -2.08. The third kappa shape index (κ3) is 2.50. The van der Waals surface area contributed by atoms with E-state index in [9.17, 15) is 9.18 Å². The molecule has 0 aliphatic rings. The second-order valence-electron chi connectivity index (χ2n) is 3.22. The lowest BCUT2D eigenvalue weighted by atomic mass is 9.98. The summed E-state index contributed by atoms with van der Waals surface area (Å²) in [6, 6.07) is 6.76. The first-order chi connectivity index (χ1) is 7.02. The lowest BCUT2D eigenvalue weighted by Gasteiger charge is -2.17. The zero-order valence-corrected chi connectivity index (χ0v) is 9.73. The fraction of sp³-hybridized carbons (Fsp3) is 0.364. The standard InChI is InChI=1S/C11H13FO2S/c1-11(12,10(13)14-2)8-4-6-9(15-3)7-5-8/h4-7H,1-3H3. The number of hydrogen-bond acceptors (Lipinski definition) is 3. The predicted molar refractivity (Wildman–Crippen MR) is 58.7 cm³/mol. The van der Waals surface area contributed by atoms with E-state index in [1.165, 1.54) is 14.0 Å². The van der Waals surface area contributed by atoms with Crippen LogP contribution in [0.15, 0.2) is 29.2 Å². The molecule has 0 bridgehead atoms. The van der Waals surface area contributed by atoms with Crippen LogP contribution in [0.25, 0.3) is 0 Å². The number of ether oxygens (including phenoxy) is 1. The second kappa shape index (κ2) is 4.66. The van der Waals surface area contributed by atoms with Gasteiger partial charge in [0, 0.05) is 10.5 Å². The molecule has 1 atom stereocenters. The predicted octanol–water partition coefficient (Wildman–Crippen LogP) is 2.77. The molecule has 15 heavy (non-hydrogen) atoms. The van der Waals surface area contributed by atoms with Crippen LogP contribution < -0.4 is 0 Å². The average Bonchev–Trinajstić information content (AvgIpc) is 2.28. The number of esters is 1. The van der Waals surface area contributed by atoms with Crippen LogP contribution in [0.1, 0.15) is 12.5 Å². The summed E-state index contributed by atoms with van der Waals surface area (Å²) in [6.07, 6.45) is 1.93. The zero-order valence-electron chi connectivity index (χ0n) is 8.91. The van der Waals surface area contributed by atoms with Crippen molar-refractivity contribution in [3.63, 3.8) is 0 Å². The van der Waals surface area contributed by atoms with E-state index in [4.69, 9.17) is 0 Å². The molecule has 0 saturated carbocycles. The molecule has 0 radical (unpaired) electrons. The summed E-state index contributed by atoms with van der Waals surface area (Å²) in [5, 5.41) is 0. The van der Waals surface area contributed by atoms with Gasteiger partial charge < -0.3 is 4.74 Å². The summed E-state index contributed by atoms with van der Waals surface area (Å²) >= 11 is 1.56. The van der Waals surface area contributed by atoms with Gasteiger partial charge in [0.15, 0.2) is 0 Å². The molecule has 0 saturated heterocycles. The molecular formula is C11H13FO2S. The van der Waals surface area contributed by atoms with Gasteiger partial charge in [0.1, 0.15) is 0 Å². The SMILES string of the molecule is COC(=O)C(C)(F)c1ccc(SC)cc1. The third-order valence-corrected chi connectivity index (χ3v) is 2.94. The van der Waals surface area contributed by atoms with Gasteiger partial charge in [-0.2, -0.15) is 0 Å². The molecule has 0 aliphatic carbocycles. The number of benzene rings is 1. The maximum absolute atomic E-state index is 14.0. The van der Waals surface area contributed by atoms with Gasteiger partial charge in [0.25, 0.3) is 0 Å². The lowest BCUT2D eigenvalue weighted by molar-refractivity contribution is -0.154. The molecule has 1 aromatic rings. The first-order valence-corrected chi connectivity index (χ1v) is 5.66. The zero-order chi connectivity index (χ0) is 11.5. The minimum Gasteiger partial charge on any atom is -0.466 e. The topological polar surface area (TPSA) is 26.3 Å². The van der Waals surface area contributed by atoms with E-state index in [1.54, 1.807) is 36.0 Å². The van der Waals surface area contributed by atoms with Crippen molar-refractivity contribution < 1.29 is 13.9 Å². The number of hydrogen-bond donors (Lipinski definition) is 0. The quantitative estimate of drug-likeness (QED) is 0.588. The molecule has 1 unspecified atom stereocenters. The summed E-state index contributed by atoms with van der Waals surface area (Å²) in [5.74, 6) is -0.876. The van der Waals surface area contributed by atoms with Crippen molar-refractivity contribution in [1.29, 1.82) is 0 Å². The van der Waals surface area contributed by atoms with E-state index < -0.39 is 11.6 Å². The molecule has 1 aromatic carbocycles. The van der Waals surface area contributed by atoms with E-state index in [0.717, 1.165) is 4.90 Å². The van der Waals surface area contributed by atoms with Crippen LogP contribution in [0.4, 0.5) is 4.39 Å². The van der Waals surface area contributed by atoms with Gasteiger partial charge in [-0.3, -0.25) is 0 Å². The molecule has 0 fully saturated rings. The molecule has 0 aliphatic heterocycles. The van der Waals surface area contributed by atoms with Crippen molar-refractivity contribution in [1.82, 2.24) is 0 Å². The largest absolute Gasteiger partial charge is 0.466 e. The normalized spacial score (nSPS) is 14.4. The highest BCUT2D eigenvalue weighted by Gasteiger charge is 2.36. The Morgan fingerprint density at radius 1 is 1.40 bits per heavy atom. The van der Waals surface area contributed by atoms with Crippen LogP contribution in [0, 0.1) is 0 Å². The highest BCUT2D eigenvalue weighted by molar-refractivity contribution is 7.98. The number of rotatable bonds is 3. The Balaban J connectivity index is 3.00. The average molecular weight is 228 g/mol. The van der Waals surface area contributed by atoms with Crippen molar-refractivity contribution in [2.75, 3.05) is 13.4 Å². The van der Waals surface area contributed by atoms with Crippen molar-refractivity contribution in [2.45, 2.75) is 17.5 Å². The molecule has 1 rings (SSSR count). The number of halogens is 1. The van der Waals surface area contributed by atoms with Gasteiger partial charge in [-0.25, -0.2) is 9.18 Å². The van der Waals surface area contributed by atoms with Gasteiger partial charge in [0.05, 0.1) is 7.11 Å². The van der Waals surface area contributed by atoms with Crippen molar-refractivity contribution in [3.8, 4) is 0 Å². The van der Waals surface area contributed by atoms with E-state index in [2.05, 4.69) is 4.74 Å². The summed E-state index contributed by atoms with van der Waals surface area (Å²) in [5.41, 5.74) is -1.77. The molecular weight excluding hydrogens is 215 g/mol. The van der Waals surface area contributed by atoms with Crippen molar-refractivity contribution >= 4 is 17.7 Å². The van der Waals surface area contributed by atoms with Crippen LogP contribution in [-0.2, 0) is 15.2 Å². The van der Waals surface area contributed by atoms with Gasteiger partial charge >= 0.3 is 5.97 Å². The molecule has 82 valence electrons. The first-order valence-electron chi connectivity index (χ1n) is 4.44. The number of carbonyl (C=O) groups excluding carboxylic acids is 1. The van der Waals surface area contributed by atoms with E-state index in [1.807, 2.05) is 6.26 Å². The van der Waals surface area contributed by atoms with E-state index >= 15 is 0 Å². The number of thioether (sulfide) groups is 1. The summed E-state index contributed by atoms with van der Waals surface area (Å²) in [6.45, 7) is 1.20.